The summed E-state index contributed by atoms with van der Waals surface area (Å²) in [6, 6.07) is 38.0. The largest absolute Gasteiger partial charge is 0.489 e. The van der Waals surface area contributed by atoms with Gasteiger partial charge in [-0.25, -0.2) is 19.2 Å². The van der Waals surface area contributed by atoms with Gasteiger partial charge >= 0.3 is 23.9 Å². The number of ether oxygens (including phenoxy) is 4. The summed E-state index contributed by atoms with van der Waals surface area (Å²) >= 11 is 47.3. The molecule has 2 fully saturated rings. The van der Waals surface area contributed by atoms with Gasteiger partial charge < -0.3 is 53.9 Å². The van der Waals surface area contributed by atoms with Gasteiger partial charge in [-0.2, -0.15) is 0 Å². The van der Waals surface area contributed by atoms with E-state index < -0.39 is 65.3 Å². The maximum Gasteiger partial charge on any atom is 0.379 e. The Morgan fingerprint density at radius 2 is 0.959 bits per heavy atom. The summed E-state index contributed by atoms with van der Waals surface area (Å²) in [7, 11) is 0. The third-order valence-corrected chi connectivity index (χ3v) is 26.8. The normalized spacial score (nSPS) is 14.8. The summed E-state index contributed by atoms with van der Waals surface area (Å²) in [4.78, 5) is 133. The molecule has 2 atom stereocenters. The Morgan fingerprint density at radius 1 is 0.533 bits per heavy atom. The number of hydroxylamine groups is 2. The summed E-state index contributed by atoms with van der Waals surface area (Å²) in [5.41, 5.74) is 7.68. The first kappa shape index (κ1) is 88.8. The number of likely N-dealkylation sites (tertiary alicyclic amines) is 1. The Hall–Kier alpha value is -9.52. The average Bonchev–Trinajstić information content (AvgIpc) is 1.53. The van der Waals surface area contributed by atoms with Crippen molar-refractivity contribution < 1.29 is 91.7 Å². The van der Waals surface area contributed by atoms with Crippen LogP contribution in [0.25, 0.3) is 50.4 Å². The number of hydrogen-bond acceptors (Lipinski definition) is 27. The standard InChI is InChI=1S/C27H27Cl2N3O4S.C21H14ClNO6S.C13H10BrClO3S.C13H10ClNO3S.C11H6ClNO3S/c28-20-11-15(3-7-22(20)36-16-4-5-16)26(33)21(13-32-9-1-2-10-32)30-27(34)25-17-6-8-23-18(12-24(29)37-23)19(17)14-35-31-25;1-2-28-21(27)18(24)11-7-8-16-14(9-17(22)30-16)15(11)10-29-23-19(25)12-5-3-4-6-13(12)20(23)26;1-2-18-13(17)12(16)7-3-4-10-8(9(7)6-14)5-11(15)19-10;1-2-17-13(16)12-7-3-4-10-8(5-11(14)19-10)9(7)6-18-15-12;12-9-3-6-7-4-16-13-10(11(14)15)5(7)1-2-8(6)17-9/h3,6-8,11-12,16,21,26,33H,1-2,4-5,9-10,13-14H2,(H,30,34);3-9H,2,10H2,1H3;2*3-5H,2,6H2,1H3;1-3H,4H2,(H,14,15)/t21-,26-;;;;/m1..../s1. The van der Waals surface area contributed by atoms with E-state index in [-0.39, 0.29) is 73.0 Å². The number of thiophene rings is 5. The fourth-order valence-electron chi connectivity index (χ4n) is 14.0. The van der Waals surface area contributed by atoms with Gasteiger partial charge in [-0.1, -0.05) is 137 Å². The number of carboxylic acid groups (broad SMARTS) is 1. The highest BCUT2D eigenvalue weighted by Crippen LogP contribution is 2.42. The van der Waals surface area contributed by atoms with E-state index in [1.807, 2.05) is 54.6 Å². The van der Waals surface area contributed by atoms with Crippen LogP contribution in [-0.4, -0.2) is 142 Å². The highest BCUT2D eigenvalue weighted by Gasteiger charge is 2.39. The number of carboxylic acids is 1. The molecule has 630 valence electrons. The molecule has 1 saturated heterocycles. The Labute approximate surface area is 753 Å². The minimum Gasteiger partial charge on any atom is -0.489 e. The molecular weight excluding hydrogens is 1860 g/mol. The van der Waals surface area contributed by atoms with Gasteiger partial charge in [-0.05, 0) is 173 Å². The number of halogens is 7. The third kappa shape index (κ3) is 19.7. The van der Waals surface area contributed by atoms with E-state index in [1.165, 1.54) is 74.9 Å². The van der Waals surface area contributed by atoms with Gasteiger partial charge in [0.25, 0.3) is 29.3 Å². The number of oxime groups is 3. The van der Waals surface area contributed by atoms with Crippen molar-refractivity contribution in [1.82, 2.24) is 15.3 Å². The molecule has 6 aliphatic rings. The van der Waals surface area contributed by atoms with Gasteiger partial charge in [-0.3, -0.25) is 28.8 Å². The predicted molar refractivity (Wildman–Crippen MR) is 476 cm³/mol. The topological polar surface area (TPSA) is 324 Å². The number of aliphatic carboxylic acids is 1. The summed E-state index contributed by atoms with van der Waals surface area (Å²) in [6.07, 6.45) is 3.52. The van der Waals surface area contributed by atoms with Gasteiger partial charge in [0.2, 0.25) is 0 Å². The number of nitrogens with one attached hydrogen (secondary N) is 1. The molecule has 12 aromatic rings. The minimum atomic E-state index is -1.09. The van der Waals surface area contributed by atoms with Crippen LogP contribution in [0.4, 0.5) is 0 Å². The number of fused-ring (bicyclic) bond motifs is 12. The highest BCUT2D eigenvalue weighted by molar-refractivity contribution is 9.08. The van der Waals surface area contributed by atoms with Crippen LogP contribution in [0.2, 0.25) is 26.7 Å². The molecule has 25 nitrogen and oxygen atoms in total. The van der Waals surface area contributed by atoms with Gasteiger partial charge in [-0.15, -0.1) is 61.7 Å². The number of carbonyl (C=O) groups is 9. The highest BCUT2D eigenvalue weighted by atomic mass is 79.9. The van der Waals surface area contributed by atoms with Crippen LogP contribution in [0, 0.1) is 0 Å². The van der Waals surface area contributed by atoms with E-state index in [0.717, 1.165) is 112 Å². The number of aliphatic hydroxyl groups excluding tert-OH is 1. The molecule has 0 unspecified atom stereocenters. The monoisotopic (exact) mass is 1920 g/mol. The second-order valence-electron chi connectivity index (χ2n) is 27.4. The number of hydrogen-bond donors (Lipinski definition) is 3. The quantitative estimate of drug-likeness (QED) is 0.0150. The lowest BCUT2D eigenvalue weighted by Gasteiger charge is -2.29. The van der Waals surface area contributed by atoms with Crippen molar-refractivity contribution in [2.75, 3.05) is 39.5 Å². The van der Waals surface area contributed by atoms with Crippen molar-refractivity contribution in [3.8, 4) is 5.75 Å². The van der Waals surface area contributed by atoms with Crippen LogP contribution < -0.4 is 10.1 Å². The lowest BCUT2D eigenvalue weighted by atomic mass is 9.97. The molecule has 0 bridgehead atoms. The lowest BCUT2D eigenvalue weighted by Crippen LogP contribution is -2.49. The fourth-order valence-corrected chi connectivity index (χ4v) is 20.7. The number of Topliss-reactive ketones (excluding diaryl/α,β-unsaturated/α-hetero) is 2. The number of imide groups is 1. The van der Waals surface area contributed by atoms with Crippen molar-refractivity contribution in [3.63, 3.8) is 0 Å². The number of amides is 3. The zero-order chi connectivity index (χ0) is 86.3. The summed E-state index contributed by atoms with van der Waals surface area (Å²) in [6.45, 7) is 8.50. The van der Waals surface area contributed by atoms with Crippen LogP contribution in [0.1, 0.15) is 144 Å². The van der Waals surface area contributed by atoms with Crippen LogP contribution in [0.3, 0.4) is 0 Å². The molecule has 1 aliphatic carbocycles. The van der Waals surface area contributed by atoms with Crippen molar-refractivity contribution in [2.24, 2.45) is 15.5 Å². The van der Waals surface area contributed by atoms with Crippen molar-refractivity contribution in [1.29, 1.82) is 0 Å². The molecule has 37 heteroatoms. The molecule has 1 saturated carbocycles. The van der Waals surface area contributed by atoms with Crippen molar-refractivity contribution in [3.05, 3.63) is 232 Å². The number of carbonyl (C=O) groups excluding carboxylic acids is 8. The van der Waals surface area contributed by atoms with Gasteiger partial charge in [0.15, 0.2) is 17.1 Å². The third-order valence-electron chi connectivity index (χ3n) is 19.8. The Balaban J connectivity index is 0.000000129. The van der Waals surface area contributed by atoms with E-state index in [4.69, 9.17) is 113 Å². The smallest absolute Gasteiger partial charge is 0.379 e. The molecule has 0 radical (unpaired) electrons. The maximum atomic E-state index is 13.6. The van der Waals surface area contributed by atoms with E-state index in [1.54, 1.807) is 81.4 Å². The molecule has 0 spiro atoms. The second-order valence-corrected chi connectivity index (χ2v) is 37.0. The molecule has 7 aromatic carbocycles. The number of aliphatic hydroxyl groups is 1. The molecule has 10 heterocycles. The summed E-state index contributed by atoms with van der Waals surface area (Å²) in [5.74, 6) is -5.83. The first-order valence-corrected chi connectivity index (χ1v) is 45.1. The number of rotatable bonds is 21. The zero-order valence-electron chi connectivity index (χ0n) is 64.3. The molecule has 5 aromatic heterocycles. The molecule has 5 aliphatic heterocycles. The Bertz CT molecular complexity index is 6210. The fraction of sp³-hybridized carbons (Fsp3) is 0.247. The number of nitrogens with zero attached hydrogens (tertiary/aromatic N) is 5. The van der Waals surface area contributed by atoms with E-state index in [9.17, 15) is 48.3 Å². The molecular formula is C85H67BrCl6N6O19S5. The first-order chi connectivity index (χ1) is 58.8. The SMILES string of the molecule is CCOC(=O)C(=O)c1ccc2sc(Cl)cc2c1CBr.CCOC(=O)C(=O)c1ccc2sc(Cl)cc2c1CON1C(=O)c2ccccc2C1=O.CCOC(=O)C1=NOCc2c1ccc1sc(Cl)cc21.O=C(N[C@H](CN1CCCC1)[C@H](O)c1ccc(OC2CC2)c(Cl)c1)C1=NOCc2c1ccc1sc(Cl)cc21.O=C(O)C1=NOCc2c1ccc1sc(Cl)cc21. The van der Waals surface area contributed by atoms with Crippen molar-refractivity contribution in [2.45, 2.75) is 96.5 Å². The molecule has 18 rings (SSSR count). The van der Waals surface area contributed by atoms with Crippen LogP contribution in [0.5, 0.6) is 5.75 Å². The molecule has 122 heavy (non-hydrogen) atoms. The van der Waals surface area contributed by atoms with E-state index >= 15 is 0 Å². The van der Waals surface area contributed by atoms with Gasteiger partial charge in [0.05, 0.1) is 69.8 Å². The summed E-state index contributed by atoms with van der Waals surface area (Å²) < 4.78 is 28.4. The molecule has 3 N–H and O–H groups in total. The van der Waals surface area contributed by atoms with Gasteiger partial charge in [0, 0.05) is 107 Å². The number of ketones is 2. The average molecular weight is 1930 g/mol. The van der Waals surface area contributed by atoms with Crippen LogP contribution in [-0.2, 0) is 89.3 Å². The van der Waals surface area contributed by atoms with E-state index in [2.05, 4.69) is 41.6 Å². The van der Waals surface area contributed by atoms with Crippen LogP contribution >= 0.6 is 142 Å². The maximum absolute atomic E-state index is 13.6. The van der Waals surface area contributed by atoms with E-state index in [0.29, 0.717) is 95.8 Å². The van der Waals surface area contributed by atoms with Crippen molar-refractivity contribution >= 4 is 263 Å². The molecule has 3 amide bonds. The second kappa shape index (κ2) is 39.6. The Morgan fingerprint density at radius 3 is 1.42 bits per heavy atom. The minimum absolute atomic E-state index is 0.0535. The summed E-state index contributed by atoms with van der Waals surface area (Å²) in [5, 5.41) is 40.9. The van der Waals surface area contributed by atoms with Gasteiger partial charge in [0.1, 0.15) is 38.3 Å². The lowest BCUT2D eigenvalue weighted by molar-refractivity contribution is -0.138. The number of esters is 3. The first-order valence-electron chi connectivity index (χ1n) is 37.7. The number of benzene rings is 7. The number of alkyl halides is 1. The predicted octanol–water partition coefficient (Wildman–Crippen LogP) is 19.7. The van der Waals surface area contributed by atoms with Crippen LogP contribution in [0.15, 0.2) is 149 Å². The Kier molecular flexibility index (Phi) is 28.8. The zero-order valence-corrected chi connectivity index (χ0v) is 74.5.